The Morgan fingerprint density at radius 3 is 2.81 bits per heavy atom. The molecule has 3 rings (SSSR count). The molecule has 2 fully saturated rings. The van der Waals surface area contributed by atoms with E-state index < -0.39 is 0 Å². The summed E-state index contributed by atoms with van der Waals surface area (Å²) >= 11 is 0. The molecule has 2 aliphatic rings. The van der Waals surface area contributed by atoms with E-state index in [-0.39, 0.29) is 11.4 Å². The number of piperazine rings is 1. The monoisotopic (exact) mass is 290 g/mol. The average molecular weight is 290 g/mol. The number of nitrogens with one attached hydrogen (secondary N) is 2. The lowest BCUT2D eigenvalue weighted by Crippen LogP contribution is -2.58. The van der Waals surface area contributed by atoms with Gasteiger partial charge in [0.2, 0.25) is 0 Å². The molecule has 116 valence electrons. The third kappa shape index (κ3) is 3.28. The summed E-state index contributed by atoms with van der Waals surface area (Å²) in [5, 5.41) is 10.8. The fourth-order valence-corrected chi connectivity index (χ4v) is 3.55. The Bertz CT molecular complexity index is 502. The molecule has 1 saturated heterocycles. The van der Waals surface area contributed by atoms with Crippen LogP contribution in [0.2, 0.25) is 0 Å². The maximum atomic E-state index is 12.6. The maximum Gasteiger partial charge on any atom is 0.274 e. The molecule has 1 amide bonds. The van der Waals surface area contributed by atoms with Gasteiger partial charge in [0.05, 0.1) is 0 Å². The lowest BCUT2D eigenvalue weighted by Gasteiger charge is -2.38. The molecule has 1 aliphatic carbocycles. The standard InChI is InChI=1S/C16H26N4O/c1-16(2)11-20(9-8-17-16)15(21)14-10-13(18-19-14)12-6-4-3-5-7-12/h10,12,17H,3-9,11H2,1-2H3,(H,18,19). The summed E-state index contributed by atoms with van der Waals surface area (Å²) in [7, 11) is 0. The average Bonchev–Trinajstić information content (AvgIpc) is 2.96. The number of hydrogen-bond donors (Lipinski definition) is 2. The molecule has 0 bridgehead atoms. The van der Waals surface area contributed by atoms with Crippen molar-refractivity contribution in [1.82, 2.24) is 20.4 Å². The zero-order valence-corrected chi connectivity index (χ0v) is 13.1. The minimum absolute atomic E-state index is 0.0174. The Kier molecular flexibility index (Phi) is 4.02. The summed E-state index contributed by atoms with van der Waals surface area (Å²) in [6, 6.07) is 1.98. The summed E-state index contributed by atoms with van der Waals surface area (Å²) in [6.07, 6.45) is 6.36. The molecule has 5 heteroatoms. The Morgan fingerprint density at radius 1 is 1.33 bits per heavy atom. The normalized spacial score (nSPS) is 23.2. The van der Waals surface area contributed by atoms with Crippen molar-refractivity contribution < 1.29 is 4.79 Å². The number of amides is 1. The van der Waals surface area contributed by atoms with Crippen LogP contribution in [0.25, 0.3) is 0 Å². The Morgan fingerprint density at radius 2 is 2.10 bits per heavy atom. The van der Waals surface area contributed by atoms with Crippen LogP contribution in [0.1, 0.15) is 68.1 Å². The Hall–Kier alpha value is -1.36. The van der Waals surface area contributed by atoms with Gasteiger partial charge in [0.15, 0.2) is 0 Å². The number of carbonyl (C=O) groups excluding carboxylic acids is 1. The van der Waals surface area contributed by atoms with E-state index in [1.807, 2.05) is 11.0 Å². The summed E-state index contributed by atoms with van der Waals surface area (Å²) in [5.41, 5.74) is 1.71. The summed E-state index contributed by atoms with van der Waals surface area (Å²) in [6.45, 7) is 6.60. The van der Waals surface area contributed by atoms with Gasteiger partial charge in [-0.25, -0.2) is 0 Å². The van der Waals surface area contributed by atoms with Crippen LogP contribution in [0.3, 0.4) is 0 Å². The Labute approximate surface area is 126 Å². The minimum atomic E-state index is -0.0174. The number of hydrogen-bond acceptors (Lipinski definition) is 3. The van der Waals surface area contributed by atoms with Crippen LogP contribution in [-0.2, 0) is 0 Å². The number of carbonyl (C=O) groups is 1. The fourth-order valence-electron chi connectivity index (χ4n) is 3.55. The molecule has 0 atom stereocenters. The van der Waals surface area contributed by atoms with Crippen molar-refractivity contribution in [2.75, 3.05) is 19.6 Å². The highest BCUT2D eigenvalue weighted by Crippen LogP contribution is 2.31. The highest BCUT2D eigenvalue weighted by Gasteiger charge is 2.30. The van der Waals surface area contributed by atoms with E-state index in [2.05, 4.69) is 29.4 Å². The molecule has 0 unspecified atom stereocenters. The number of rotatable bonds is 2. The van der Waals surface area contributed by atoms with Gasteiger partial charge in [-0.3, -0.25) is 9.89 Å². The minimum Gasteiger partial charge on any atom is -0.334 e. The smallest absolute Gasteiger partial charge is 0.274 e. The van der Waals surface area contributed by atoms with E-state index in [4.69, 9.17) is 0 Å². The first-order chi connectivity index (χ1) is 10.1. The third-order valence-electron chi connectivity index (χ3n) is 4.72. The summed E-state index contributed by atoms with van der Waals surface area (Å²) < 4.78 is 0. The molecule has 5 nitrogen and oxygen atoms in total. The van der Waals surface area contributed by atoms with Crippen LogP contribution in [0, 0.1) is 0 Å². The van der Waals surface area contributed by atoms with Gasteiger partial charge in [-0.1, -0.05) is 19.3 Å². The number of H-pyrrole nitrogens is 1. The van der Waals surface area contributed by atoms with Crippen molar-refractivity contribution in [2.24, 2.45) is 0 Å². The van der Waals surface area contributed by atoms with Gasteiger partial charge in [-0.2, -0.15) is 5.10 Å². The maximum absolute atomic E-state index is 12.6. The first-order valence-electron chi connectivity index (χ1n) is 8.15. The lowest BCUT2D eigenvalue weighted by atomic mass is 9.87. The van der Waals surface area contributed by atoms with E-state index in [0.29, 0.717) is 11.6 Å². The van der Waals surface area contributed by atoms with Crippen LogP contribution in [0.15, 0.2) is 6.07 Å². The second-order valence-corrected chi connectivity index (χ2v) is 7.08. The van der Waals surface area contributed by atoms with Crippen molar-refractivity contribution >= 4 is 5.91 Å². The van der Waals surface area contributed by atoms with Gasteiger partial charge in [-0.15, -0.1) is 0 Å². The molecule has 0 radical (unpaired) electrons. The molecule has 21 heavy (non-hydrogen) atoms. The molecular weight excluding hydrogens is 264 g/mol. The van der Waals surface area contributed by atoms with Crippen molar-refractivity contribution in [3.8, 4) is 0 Å². The predicted octanol–water partition coefficient (Wildman–Crippen LogP) is 2.28. The summed E-state index contributed by atoms with van der Waals surface area (Å²) in [5.74, 6) is 0.621. The molecule has 1 saturated carbocycles. The number of aromatic amines is 1. The number of nitrogens with zero attached hydrogens (tertiary/aromatic N) is 2. The van der Waals surface area contributed by atoms with Crippen LogP contribution >= 0.6 is 0 Å². The van der Waals surface area contributed by atoms with Crippen LogP contribution in [0.4, 0.5) is 0 Å². The molecule has 0 aromatic carbocycles. The topological polar surface area (TPSA) is 61.0 Å². The first-order valence-corrected chi connectivity index (χ1v) is 8.15. The van der Waals surface area contributed by atoms with Gasteiger partial charge < -0.3 is 10.2 Å². The van der Waals surface area contributed by atoms with E-state index >= 15 is 0 Å². The second-order valence-electron chi connectivity index (χ2n) is 7.08. The lowest BCUT2D eigenvalue weighted by molar-refractivity contribution is 0.0646. The van der Waals surface area contributed by atoms with Crippen molar-refractivity contribution in [2.45, 2.75) is 57.4 Å². The van der Waals surface area contributed by atoms with Crippen LogP contribution in [-0.4, -0.2) is 46.2 Å². The fraction of sp³-hybridized carbons (Fsp3) is 0.750. The molecule has 1 aliphatic heterocycles. The summed E-state index contributed by atoms with van der Waals surface area (Å²) in [4.78, 5) is 14.5. The van der Waals surface area contributed by atoms with E-state index in [1.165, 1.54) is 32.1 Å². The Balaban J connectivity index is 1.69. The molecule has 1 aromatic rings. The highest BCUT2D eigenvalue weighted by atomic mass is 16.2. The van der Waals surface area contributed by atoms with E-state index in [1.54, 1.807) is 0 Å². The SMILES string of the molecule is CC1(C)CN(C(=O)c2cc(C3CCCCC3)[nH]n2)CCN1. The molecule has 2 N–H and O–H groups in total. The van der Waals surface area contributed by atoms with Gasteiger partial charge in [0.25, 0.3) is 5.91 Å². The largest absolute Gasteiger partial charge is 0.334 e. The van der Waals surface area contributed by atoms with E-state index in [9.17, 15) is 4.79 Å². The van der Waals surface area contributed by atoms with Gasteiger partial charge in [0, 0.05) is 36.8 Å². The number of aromatic nitrogens is 2. The zero-order valence-electron chi connectivity index (χ0n) is 13.1. The van der Waals surface area contributed by atoms with Crippen molar-refractivity contribution in [3.05, 3.63) is 17.5 Å². The van der Waals surface area contributed by atoms with Crippen molar-refractivity contribution in [3.63, 3.8) is 0 Å². The van der Waals surface area contributed by atoms with Gasteiger partial charge in [-0.05, 0) is 32.8 Å². The third-order valence-corrected chi connectivity index (χ3v) is 4.72. The van der Waals surface area contributed by atoms with Crippen LogP contribution in [0.5, 0.6) is 0 Å². The van der Waals surface area contributed by atoms with Crippen LogP contribution < -0.4 is 5.32 Å². The zero-order chi connectivity index (χ0) is 14.9. The van der Waals surface area contributed by atoms with Gasteiger partial charge >= 0.3 is 0 Å². The van der Waals surface area contributed by atoms with E-state index in [0.717, 1.165) is 25.3 Å². The molecule has 2 heterocycles. The van der Waals surface area contributed by atoms with Crippen molar-refractivity contribution in [1.29, 1.82) is 0 Å². The molecule has 1 aromatic heterocycles. The molecular formula is C16H26N4O. The quantitative estimate of drug-likeness (QED) is 0.878. The second kappa shape index (κ2) is 5.79. The molecule has 0 spiro atoms. The van der Waals surface area contributed by atoms with Gasteiger partial charge in [0.1, 0.15) is 5.69 Å². The predicted molar refractivity (Wildman–Crippen MR) is 82.4 cm³/mol. The highest BCUT2D eigenvalue weighted by molar-refractivity contribution is 5.92. The first kappa shape index (κ1) is 14.6.